The highest BCUT2D eigenvalue weighted by molar-refractivity contribution is 7.10. The van der Waals surface area contributed by atoms with E-state index in [4.69, 9.17) is 0 Å². The molecular formula is C19H19N3O2S. The smallest absolute Gasteiger partial charge is 0.272 e. The van der Waals surface area contributed by atoms with Crippen LogP contribution in [-0.2, 0) is 6.42 Å². The summed E-state index contributed by atoms with van der Waals surface area (Å²) >= 11 is 1.59. The van der Waals surface area contributed by atoms with Crippen LogP contribution in [0.2, 0.25) is 0 Å². The number of aromatic nitrogens is 2. The van der Waals surface area contributed by atoms with Crippen molar-refractivity contribution in [2.75, 3.05) is 0 Å². The lowest BCUT2D eigenvalue weighted by Gasteiger charge is -2.18. The highest BCUT2D eigenvalue weighted by atomic mass is 32.1. The second kappa shape index (κ2) is 7.90. The molecule has 0 saturated heterocycles. The summed E-state index contributed by atoms with van der Waals surface area (Å²) in [5, 5.41) is 11.1. The van der Waals surface area contributed by atoms with E-state index in [0.717, 1.165) is 23.3 Å². The van der Waals surface area contributed by atoms with Crippen LogP contribution in [0.1, 0.15) is 45.9 Å². The van der Waals surface area contributed by atoms with Gasteiger partial charge in [0.2, 0.25) is 0 Å². The van der Waals surface area contributed by atoms with E-state index in [9.17, 15) is 9.59 Å². The molecule has 25 heavy (non-hydrogen) atoms. The van der Waals surface area contributed by atoms with Crippen LogP contribution in [0.4, 0.5) is 0 Å². The molecule has 3 aromatic rings. The van der Waals surface area contributed by atoms with Crippen LogP contribution >= 0.6 is 11.3 Å². The number of aromatic amines is 1. The highest BCUT2D eigenvalue weighted by Gasteiger charge is 2.19. The summed E-state index contributed by atoms with van der Waals surface area (Å²) in [6.07, 6.45) is 2.14. The van der Waals surface area contributed by atoms with Crippen LogP contribution in [0.5, 0.6) is 0 Å². The van der Waals surface area contributed by atoms with Crippen molar-refractivity contribution < 1.29 is 4.79 Å². The van der Waals surface area contributed by atoms with Crippen LogP contribution in [0.15, 0.2) is 58.7 Å². The average molecular weight is 353 g/mol. The number of hydrogen-bond acceptors (Lipinski definition) is 4. The van der Waals surface area contributed by atoms with Gasteiger partial charge in [-0.1, -0.05) is 43.7 Å². The minimum absolute atomic E-state index is 0.184. The second-order valence-electron chi connectivity index (χ2n) is 5.72. The van der Waals surface area contributed by atoms with Gasteiger partial charge in [-0.25, -0.2) is 5.10 Å². The molecule has 0 unspecified atom stereocenters. The van der Waals surface area contributed by atoms with Crippen molar-refractivity contribution in [3.63, 3.8) is 0 Å². The highest BCUT2D eigenvalue weighted by Crippen LogP contribution is 2.26. The van der Waals surface area contributed by atoms with E-state index in [1.165, 1.54) is 17.7 Å². The van der Waals surface area contributed by atoms with Crippen LogP contribution in [0, 0.1) is 0 Å². The molecule has 2 aromatic heterocycles. The molecule has 1 aromatic carbocycles. The number of amides is 1. The van der Waals surface area contributed by atoms with E-state index in [1.54, 1.807) is 11.3 Å². The Morgan fingerprint density at radius 1 is 1.20 bits per heavy atom. The Kier molecular flexibility index (Phi) is 5.40. The molecule has 6 heteroatoms. The molecule has 1 atom stereocenters. The lowest BCUT2D eigenvalue weighted by Crippen LogP contribution is -2.30. The predicted molar refractivity (Wildman–Crippen MR) is 98.9 cm³/mol. The van der Waals surface area contributed by atoms with Gasteiger partial charge in [0.15, 0.2) is 0 Å². The van der Waals surface area contributed by atoms with Crippen molar-refractivity contribution in [2.45, 2.75) is 25.8 Å². The zero-order valence-electron chi connectivity index (χ0n) is 13.9. The maximum absolute atomic E-state index is 12.5. The lowest BCUT2D eigenvalue weighted by molar-refractivity contribution is 0.0937. The summed E-state index contributed by atoms with van der Waals surface area (Å²) in [4.78, 5) is 24.7. The quantitative estimate of drug-likeness (QED) is 0.714. The van der Waals surface area contributed by atoms with Gasteiger partial charge in [-0.3, -0.25) is 9.59 Å². The number of nitrogens with zero attached hydrogens (tertiary/aromatic N) is 1. The number of benzene rings is 1. The average Bonchev–Trinajstić information content (AvgIpc) is 3.15. The first-order valence-electron chi connectivity index (χ1n) is 8.16. The van der Waals surface area contributed by atoms with Gasteiger partial charge in [0, 0.05) is 10.9 Å². The molecule has 2 heterocycles. The van der Waals surface area contributed by atoms with Gasteiger partial charge in [0.25, 0.3) is 11.5 Å². The summed E-state index contributed by atoms with van der Waals surface area (Å²) in [6, 6.07) is 14.7. The van der Waals surface area contributed by atoms with Crippen LogP contribution in [-0.4, -0.2) is 16.1 Å². The SMILES string of the molecule is CCCc1ccc([C@@H](NC(=O)c2ccc(=O)[nH]n2)c2cccs2)cc1. The molecule has 0 aliphatic heterocycles. The first-order valence-corrected chi connectivity index (χ1v) is 9.04. The molecule has 0 aliphatic rings. The van der Waals surface area contributed by atoms with Crippen LogP contribution < -0.4 is 10.9 Å². The third-order valence-corrected chi connectivity index (χ3v) is 4.80. The lowest BCUT2D eigenvalue weighted by atomic mass is 10.0. The van der Waals surface area contributed by atoms with Crippen molar-refractivity contribution in [1.29, 1.82) is 0 Å². The zero-order chi connectivity index (χ0) is 17.6. The first-order chi connectivity index (χ1) is 12.2. The van der Waals surface area contributed by atoms with Gasteiger partial charge in [-0.05, 0) is 35.1 Å². The Morgan fingerprint density at radius 2 is 2.00 bits per heavy atom. The van der Waals surface area contributed by atoms with Gasteiger partial charge in [-0.15, -0.1) is 11.3 Å². The topological polar surface area (TPSA) is 74.8 Å². The van der Waals surface area contributed by atoms with Gasteiger partial charge in [0.1, 0.15) is 5.69 Å². The Morgan fingerprint density at radius 3 is 2.60 bits per heavy atom. The number of H-pyrrole nitrogens is 1. The van der Waals surface area contributed by atoms with Crippen molar-refractivity contribution in [3.05, 3.63) is 86.0 Å². The van der Waals surface area contributed by atoms with Crippen molar-refractivity contribution in [2.24, 2.45) is 0 Å². The molecule has 1 amide bonds. The summed E-state index contributed by atoms with van der Waals surface area (Å²) in [7, 11) is 0. The van der Waals surface area contributed by atoms with E-state index in [-0.39, 0.29) is 23.2 Å². The molecule has 0 spiro atoms. The number of hydrogen-bond donors (Lipinski definition) is 2. The maximum Gasteiger partial charge on any atom is 0.272 e. The molecule has 0 fully saturated rings. The van der Waals surface area contributed by atoms with Gasteiger partial charge in [0.05, 0.1) is 6.04 Å². The minimum Gasteiger partial charge on any atom is -0.339 e. The fourth-order valence-electron chi connectivity index (χ4n) is 2.62. The number of thiophene rings is 1. The molecule has 0 aliphatic carbocycles. The maximum atomic E-state index is 12.5. The van der Waals surface area contributed by atoms with Crippen LogP contribution in [0.3, 0.4) is 0 Å². The van der Waals surface area contributed by atoms with E-state index < -0.39 is 0 Å². The monoisotopic (exact) mass is 353 g/mol. The molecule has 0 radical (unpaired) electrons. The molecule has 128 valence electrons. The molecule has 2 N–H and O–H groups in total. The fourth-order valence-corrected chi connectivity index (χ4v) is 3.42. The molecule has 0 saturated carbocycles. The number of carbonyl (C=O) groups is 1. The first kappa shape index (κ1) is 17.1. The Labute approximate surface area is 149 Å². The third kappa shape index (κ3) is 4.22. The van der Waals surface area contributed by atoms with Crippen LogP contribution in [0.25, 0.3) is 0 Å². The van der Waals surface area contributed by atoms with E-state index in [2.05, 4.69) is 46.7 Å². The molecule has 5 nitrogen and oxygen atoms in total. The van der Waals surface area contributed by atoms with Crippen molar-refractivity contribution in [3.8, 4) is 0 Å². The van der Waals surface area contributed by atoms with Gasteiger partial charge >= 0.3 is 0 Å². The van der Waals surface area contributed by atoms with Gasteiger partial charge in [-0.2, -0.15) is 5.10 Å². The minimum atomic E-state index is -0.335. The summed E-state index contributed by atoms with van der Waals surface area (Å²) < 4.78 is 0. The zero-order valence-corrected chi connectivity index (χ0v) is 14.7. The Hall–Kier alpha value is -2.73. The van der Waals surface area contributed by atoms with Crippen molar-refractivity contribution in [1.82, 2.24) is 15.5 Å². The molecule has 0 bridgehead atoms. The standard InChI is InChI=1S/C19H19N3O2S/c1-2-4-13-6-8-14(9-7-13)18(16-5-3-12-25-16)20-19(24)15-10-11-17(23)22-21-15/h3,5-12,18H,2,4H2,1H3,(H,20,24)(H,22,23)/t18-/m1/s1. The van der Waals surface area contributed by atoms with E-state index >= 15 is 0 Å². The number of aryl methyl sites for hydroxylation is 1. The Bertz CT molecular complexity index is 865. The normalized spacial score (nSPS) is 11.9. The molecular weight excluding hydrogens is 334 g/mol. The summed E-state index contributed by atoms with van der Waals surface area (Å²) in [5.74, 6) is -0.327. The number of carbonyl (C=O) groups excluding carboxylic acids is 1. The van der Waals surface area contributed by atoms with Crippen molar-refractivity contribution >= 4 is 17.2 Å². The summed E-state index contributed by atoms with van der Waals surface area (Å²) in [5.41, 5.74) is 2.14. The van der Waals surface area contributed by atoms with E-state index in [1.807, 2.05) is 17.5 Å². The van der Waals surface area contributed by atoms with E-state index in [0.29, 0.717) is 0 Å². The number of rotatable bonds is 6. The number of nitrogens with one attached hydrogen (secondary N) is 2. The molecule has 3 rings (SSSR count). The largest absolute Gasteiger partial charge is 0.339 e. The summed E-state index contributed by atoms with van der Waals surface area (Å²) in [6.45, 7) is 2.15. The van der Waals surface area contributed by atoms with Gasteiger partial charge < -0.3 is 5.32 Å². The fraction of sp³-hybridized carbons (Fsp3) is 0.211. The third-order valence-electron chi connectivity index (χ3n) is 3.87. The Balaban J connectivity index is 1.86. The second-order valence-corrected chi connectivity index (χ2v) is 6.70. The predicted octanol–water partition coefficient (Wildman–Crippen LogP) is 3.30.